The van der Waals surface area contributed by atoms with Crippen molar-refractivity contribution in [2.45, 2.75) is 0 Å². The highest BCUT2D eigenvalue weighted by molar-refractivity contribution is 5.95. The predicted molar refractivity (Wildman–Crippen MR) is 78.3 cm³/mol. The first-order valence-corrected chi connectivity index (χ1v) is 6.56. The third-order valence-electron chi connectivity index (χ3n) is 2.87. The Morgan fingerprint density at radius 1 is 1.09 bits per heavy atom. The number of amides is 1. The van der Waals surface area contributed by atoms with Crippen LogP contribution >= 0.6 is 0 Å². The van der Waals surface area contributed by atoms with Gasteiger partial charge in [-0.15, -0.1) is 0 Å². The summed E-state index contributed by atoms with van der Waals surface area (Å²) in [5.74, 6) is -2.99. The number of anilines is 1. The topological polar surface area (TPSA) is 64.6 Å². The largest absolute Gasteiger partial charge is 0.497 e. The normalized spacial score (nSPS) is 10.0. The second kappa shape index (κ2) is 7.35. The van der Waals surface area contributed by atoms with Crippen LogP contribution in [0.5, 0.6) is 5.75 Å². The summed E-state index contributed by atoms with van der Waals surface area (Å²) in [7, 11) is 1.45. The molecular weight excluding hydrogens is 308 g/mol. The summed E-state index contributed by atoms with van der Waals surface area (Å²) in [4.78, 5) is 23.4. The van der Waals surface area contributed by atoms with Crippen molar-refractivity contribution in [3.63, 3.8) is 0 Å². The number of hydrogen-bond donors (Lipinski definition) is 1. The maximum Gasteiger partial charge on any atom is 0.338 e. The minimum atomic E-state index is -0.919. The lowest BCUT2D eigenvalue weighted by Crippen LogP contribution is -2.22. The molecule has 7 heteroatoms. The molecule has 0 aromatic heterocycles. The number of rotatable bonds is 5. The van der Waals surface area contributed by atoms with Gasteiger partial charge in [0.2, 0.25) is 0 Å². The van der Waals surface area contributed by atoms with E-state index in [2.05, 4.69) is 0 Å². The summed E-state index contributed by atoms with van der Waals surface area (Å²) < 4.78 is 36.5. The van der Waals surface area contributed by atoms with E-state index in [1.165, 1.54) is 25.3 Å². The van der Waals surface area contributed by atoms with Crippen LogP contribution in [0, 0.1) is 11.6 Å². The van der Waals surface area contributed by atoms with Crippen LogP contribution < -0.4 is 10.1 Å². The van der Waals surface area contributed by atoms with Gasteiger partial charge < -0.3 is 14.8 Å². The fourth-order valence-corrected chi connectivity index (χ4v) is 1.76. The summed E-state index contributed by atoms with van der Waals surface area (Å²) in [5.41, 5.74) is -0.399. The molecular formula is C16H13F2NO4. The average Bonchev–Trinajstić information content (AvgIpc) is 2.56. The Morgan fingerprint density at radius 3 is 2.39 bits per heavy atom. The number of carbonyl (C=O) groups is 2. The predicted octanol–water partition coefficient (Wildman–Crippen LogP) is 2.77. The molecule has 0 saturated heterocycles. The van der Waals surface area contributed by atoms with Gasteiger partial charge in [-0.05, 0) is 30.3 Å². The Hall–Kier alpha value is -2.96. The number of esters is 1. The maximum absolute atomic E-state index is 13.4. The molecule has 0 aliphatic carbocycles. The zero-order valence-electron chi connectivity index (χ0n) is 12.1. The summed E-state index contributed by atoms with van der Waals surface area (Å²) in [6.45, 7) is -0.677. The highest BCUT2D eigenvalue weighted by Crippen LogP contribution is 2.18. The first-order valence-electron chi connectivity index (χ1n) is 6.56. The number of carbonyl (C=O) groups excluding carboxylic acids is 2. The van der Waals surface area contributed by atoms with Crippen LogP contribution in [-0.2, 0) is 9.53 Å². The van der Waals surface area contributed by atoms with E-state index in [1.807, 2.05) is 5.32 Å². The van der Waals surface area contributed by atoms with Crippen molar-refractivity contribution in [1.82, 2.24) is 0 Å². The molecule has 0 aliphatic rings. The van der Waals surface area contributed by atoms with E-state index in [9.17, 15) is 18.4 Å². The second-order valence-corrected chi connectivity index (χ2v) is 4.45. The van der Waals surface area contributed by atoms with Gasteiger partial charge in [-0.1, -0.05) is 12.1 Å². The Balaban J connectivity index is 1.95. The molecule has 0 fully saturated rings. The second-order valence-electron chi connectivity index (χ2n) is 4.45. The van der Waals surface area contributed by atoms with Crippen molar-refractivity contribution in [3.05, 3.63) is 59.7 Å². The number of ether oxygens (including phenoxy) is 2. The molecule has 0 atom stereocenters. The molecule has 5 nitrogen and oxygen atoms in total. The van der Waals surface area contributed by atoms with Crippen molar-refractivity contribution in [3.8, 4) is 5.75 Å². The summed E-state index contributed by atoms with van der Waals surface area (Å²) in [6, 6.07) is 9.33. The Labute approximate surface area is 130 Å². The summed E-state index contributed by atoms with van der Waals surface area (Å²) >= 11 is 0. The number of hydrogen-bond acceptors (Lipinski definition) is 4. The quantitative estimate of drug-likeness (QED) is 0.860. The molecule has 0 unspecified atom stereocenters. The first kappa shape index (κ1) is 16.4. The van der Waals surface area contributed by atoms with E-state index < -0.39 is 35.8 Å². The molecule has 0 saturated carbocycles. The molecule has 1 N–H and O–H groups in total. The molecule has 2 aromatic rings. The number of methoxy groups -OCH3 is 1. The smallest absolute Gasteiger partial charge is 0.338 e. The van der Waals surface area contributed by atoms with E-state index in [0.29, 0.717) is 5.75 Å². The Bertz CT molecular complexity index is 714. The lowest BCUT2D eigenvalue weighted by atomic mass is 10.2. The SMILES string of the molecule is COc1cccc(C(=O)OCC(=O)Nc2c(F)cccc2F)c1. The lowest BCUT2D eigenvalue weighted by molar-refractivity contribution is -0.119. The van der Waals surface area contributed by atoms with Gasteiger partial charge in [-0.2, -0.15) is 0 Å². The Morgan fingerprint density at radius 2 is 1.74 bits per heavy atom. The van der Waals surface area contributed by atoms with Gasteiger partial charge in [0.05, 0.1) is 12.7 Å². The highest BCUT2D eigenvalue weighted by Gasteiger charge is 2.14. The standard InChI is InChI=1S/C16H13F2NO4/c1-22-11-5-2-4-10(8-11)16(21)23-9-14(20)19-15-12(17)6-3-7-13(15)18/h2-8H,9H2,1H3,(H,19,20). The summed E-state index contributed by atoms with van der Waals surface area (Å²) in [5, 5.41) is 2.02. The molecule has 0 spiro atoms. The van der Waals surface area contributed by atoms with Gasteiger partial charge in [0.1, 0.15) is 23.1 Å². The van der Waals surface area contributed by atoms with Gasteiger partial charge in [0.25, 0.3) is 5.91 Å². The minimum Gasteiger partial charge on any atom is -0.497 e. The lowest BCUT2D eigenvalue weighted by Gasteiger charge is -2.08. The van der Waals surface area contributed by atoms with Gasteiger partial charge >= 0.3 is 5.97 Å². The number of halogens is 2. The number of benzene rings is 2. The van der Waals surface area contributed by atoms with Crippen LogP contribution in [0.2, 0.25) is 0 Å². The van der Waals surface area contributed by atoms with Crippen molar-refractivity contribution in [1.29, 1.82) is 0 Å². The van der Waals surface area contributed by atoms with Crippen LogP contribution in [-0.4, -0.2) is 25.6 Å². The fourth-order valence-electron chi connectivity index (χ4n) is 1.76. The molecule has 0 bridgehead atoms. The monoisotopic (exact) mass is 321 g/mol. The van der Waals surface area contributed by atoms with E-state index >= 15 is 0 Å². The van der Waals surface area contributed by atoms with Crippen LogP contribution in [0.4, 0.5) is 14.5 Å². The van der Waals surface area contributed by atoms with E-state index in [4.69, 9.17) is 9.47 Å². The van der Waals surface area contributed by atoms with Crippen molar-refractivity contribution >= 4 is 17.6 Å². The van der Waals surface area contributed by atoms with Gasteiger partial charge in [-0.25, -0.2) is 13.6 Å². The maximum atomic E-state index is 13.4. The van der Waals surface area contributed by atoms with E-state index in [-0.39, 0.29) is 5.56 Å². The van der Waals surface area contributed by atoms with Crippen molar-refractivity contribution in [2.24, 2.45) is 0 Å². The molecule has 120 valence electrons. The molecule has 0 radical (unpaired) electrons. The third-order valence-corrected chi connectivity index (χ3v) is 2.87. The zero-order valence-corrected chi connectivity index (χ0v) is 12.1. The van der Waals surface area contributed by atoms with Gasteiger partial charge in [-0.3, -0.25) is 4.79 Å². The van der Waals surface area contributed by atoms with Crippen LogP contribution in [0.1, 0.15) is 10.4 Å². The van der Waals surface area contributed by atoms with E-state index in [1.54, 1.807) is 12.1 Å². The summed E-state index contributed by atoms with van der Waals surface area (Å²) in [6.07, 6.45) is 0. The number of para-hydroxylation sites is 1. The first-order chi connectivity index (χ1) is 11.0. The highest BCUT2D eigenvalue weighted by atomic mass is 19.1. The van der Waals surface area contributed by atoms with Gasteiger partial charge in [0, 0.05) is 0 Å². The molecule has 2 aromatic carbocycles. The Kier molecular flexibility index (Phi) is 5.24. The third kappa shape index (κ3) is 4.26. The molecule has 1 amide bonds. The van der Waals surface area contributed by atoms with Crippen LogP contribution in [0.3, 0.4) is 0 Å². The van der Waals surface area contributed by atoms with E-state index in [0.717, 1.165) is 12.1 Å². The fraction of sp³-hybridized carbons (Fsp3) is 0.125. The molecule has 0 aliphatic heterocycles. The molecule has 23 heavy (non-hydrogen) atoms. The van der Waals surface area contributed by atoms with Gasteiger partial charge in [0.15, 0.2) is 6.61 Å². The van der Waals surface area contributed by atoms with Crippen LogP contribution in [0.15, 0.2) is 42.5 Å². The van der Waals surface area contributed by atoms with Crippen molar-refractivity contribution < 1.29 is 27.8 Å². The number of nitrogens with one attached hydrogen (secondary N) is 1. The van der Waals surface area contributed by atoms with Crippen molar-refractivity contribution in [2.75, 3.05) is 19.0 Å². The molecule has 0 heterocycles. The van der Waals surface area contributed by atoms with Crippen LogP contribution in [0.25, 0.3) is 0 Å². The zero-order chi connectivity index (χ0) is 16.8. The average molecular weight is 321 g/mol. The minimum absolute atomic E-state index is 0.189. The molecule has 2 rings (SSSR count).